The highest BCUT2D eigenvalue weighted by Gasteiger charge is 2.18. The van der Waals surface area contributed by atoms with Gasteiger partial charge in [0.05, 0.1) is 41.6 Å². The van der Waals surface area contributed by atoms with Gasteiger partial charge in [0.2, 0.25) is 0 Å². The van der Waals surface area contributed by atoms with Crippen LogP contribution in [0.1, 0.15) is 22.3 Å². The Kier molecular flexibility index (Phi) is 7.86. The standard InChI is InChI=1S/C26H30ClN5O2/c1-31-6-8-32(9-7-31)16-20-10-19(13-28)11-22-25(20)30-15-21(17-33-2)26(22)29-14-18-4-5-24(34-3)23(27)12-18/h4-5,10-12,15H,6-9,14,16-17H2,1-3H3,(H,29,30). The van der Waals surface area contributed by atoms with E-state index >= 15 is 0 Å². The molecule has 1 fully saturated rings. The van der Waals surface area contributed by atoms with Gasteiger partial charge in [-0.2, -0.15) is 5.26 Å². The number of nitriles is 1. The van der Waals surface area contributed by atoms with Gasteiger partial charge in [-0.3, -0.25) is 9.88 Å². The molecule has 0 spiro atoms. The lowest BCUT2D eigenvalue weighted by Gasteiger charge is -2.32. The average molecular weight is 480 g/mol. The summed E-state index contributed by atoms with van der Waals surface area (Å²) in [5, 5.41) is 14.8. The van der Waals surface area contributed by atoms with E-state index in [9.17, 15) is 5.26 Å². The van der Waals surface area contributed by atoms with Crippen molar-refractivity contribution in [2.24, 2.45) is 0 Å². The Bertz CT molecular complexity index is 1200. The van der Waals surface area contributed by atoms with Crippen LogP contribution in [-0.4, -0.2) is 62.2 Å². The van der Waals surface area contributed by atoms with E-state index in [0.29, 0.717) is 29.5 Å². The fraction of sp³-hybridized carbons (Fsp3) is 0.385. The number of halogens is 1. The van der Waals surface area contributed by atoms with Crippen LogP contribution in [0.3, 0.4) is 0 Å². The fourth-order valence-electron chi connectivity index (χ4n) is 4.33. The summed E-state index contributed by atoms with van der Waals surface area (Å²) < 4.78 is 10.7. The lowest BCUT2D eigenvalue weighted by molar-refractivity contribution is 0.148. The van der Waals surface area contributed by atoms with Crippen LogP contribution in [0, 0.1) is 11.3 Å². The summed E-state index contributed by atoms with van der Waals surface area (Å²) in [6.07, 6.45) is 1.87. The molecule has 1 aliphatic heterocycles. The quantitative estimate of drug-likeness (QED) is 0.517. The Morgan fingerprint density at radius 3 is 2.59 bits per heavy atom. The van der Waals surface area contributed by atoms with E-state index in [2.05, 4.69) is 28.2 Å². The van der Waals surface area contributed by atoms with Crippen LogP contribution in [0.25, 0.3) is 10.9 Å². The third-order valence-corrected chi connectivity index (χ3v) is 6.53. The smallest absolute Gasteiger partial charge is 0.137 e. The van der Waals surface area contributed by atoms with Gasteiger partial charge in [-0.1, -0.05) is 17.7 Å². The number of fused-ring (bicyclic) bond motifs is 1. The Balaban J connectivity index is 1.70. The molecule has 0 atom stereocenters. The Morgan fingerprint density at radius 1 is 1.12 bits per heavy atom. The molecule has 178 valence electrons. The molecule has 0 aliphatic carbocycles. The first-order valence-corrected chi connectivity index (χ1v) is 11.7. The van der Waals surface area contributed by atoms with Gasteiger partial charge in [-0.15, -0.1) is 0 Å². The van der Waals surface area contributed by atoms with Gasteiger partial charge >= 0.3 is 0 Å². The minimum atomic E-state index is 0.416. The number of pyridine rings is 1. The largest absolute Gasteiger partial charge is 0.495 e. The van der Waals surface area contributed by atoms with Crippen molar-refractivity contribution in [3.63, 3.8) is 0 Å². The van der Waals surface area contributed by atoms with Crippen molar-refractivity contribution in [1.82, 2.24) is 14.8 Å². The second-order valence-corrected chi connectivity index (χ2v) is 9.04. The summed E-state index contributed by atoms with van der Waals surface area (Å²) in [7, 11) is 5.42. The molecule has 2 aromatic carbocycles. The third-order valence-electron chi connectivity index (χ3n) is 6.23. The molecule has 0 unspecified atom stereocenters. The average Bonchev–Trinajstić information content (AvgIpc) is 2.84. The molecule has 7 nitrogen and oxygen atoms in total. The van der Waals surface area contributed by atoms with E-state index in [1.54, 1.807) is 14.2 Å². The molecular formula is C26H30ClN5O2. The van der Waals surface area contributed by atoms with Gasteiger partial charge in [0.1, 0.15) is 5.75 Å². The Labute approximate surface area is 205 Å². The van der Waals surface area contributed by atoms with E-state index in [1.165, 1.54) is 0 Å². The molecule has 3 aromatic rings. The van der Waals surface area contributed by atoms with Crippen LogP contribution in [0.4, 0.5) is 5.69 Å². The number of nitrogens with one attached hydrogen (secondary N) is 1. The van der Waals surface area contributed by atoms with Crippen LogP contribution in [0.2, 0.25) is 5.02 Å². The van der Waals surface area contributed by atoms with Crippen molar-refractivity contribution < 1.29 is 9.47 Å². The first-order chi connectivity index (χ1) is 16.5. The molecule has 1 aliphatic rings. The van der Waals surface area contributed by atoms with Crippen LogP contribution in [0.5, 0.6) is 5.75 Å². The number of aromatic nitrogens is 1. The highest BCUT2D eigenvalue weighted by atomic mass is 35.5. The minimum Gasteiger partial charge on any atom is -0.495 e. The molecular weight excluding hydrogens is 450 g/mol. The van der Waals surface area contributed by atoms with E-state index in [4.69, 9.17) is 26.1 Å². The normalized spacial score (nSPS) is 14.8. The van der Waals surface area contributed by atoms with Gasteiger partial charge in [0.25, 0.3) is 0 Å². The maximum absolute atomic E-state index is 9.75. The Morgan fingerprint density at radius 2 is 1.91 bits per heavy atom. The first-order valence-electron chi connectivity index (χ1n) is 11.3. The Hall–Kier alpha value is -2.89. The summed E-state index contributed by atoms with van der Waals surface area (Å²) in [6, 6.07) is 12.0. The van der Waals surface area contributed by atoms with E-state index in [-0.39, 0.29) is 0 Å². The number of rotatable bonds is 8. The van der Waals surface area contributed by atoms with Crippen molar-refractivity contribution >= 4 is 28.2 Å². The zero-order chi connectivity index (χ0) is 24.1. The van der Waals surface area contributed by atoms with Crippen molar-refractivity contribution in [3.05, 3.63) is 63.8 Å². The summed E-state index contributed by atoms with van der Waals surface area (Å²) in [5.74, 6) is 0.645. The number of likely N-dealkylation sites (N-methyl/N-ethyl adjacent to an activating group) is 1. The molecule has 1 saturated heterocycles. The number of methoxy groups -OCH3 is 2. The first kappa shape index (κ1) is 24.2. The number of benzene rings is 2. The van der Waals surface area contributed by atoms with Crippen LogP contribution >= 0.6 is 11.6 Å². The molecule has 0 amide bonds. The number of piperazine rings is 1. The molecule has 0 bridgehead atoms. The summed E-state index contributed by atoms with van der Waals surface area (Å²) in [5.41, 5.74) is 5.49. The van der Waals surface area contributed by atoms with Gasteiger partial charge < -0.3 is 19.7 Å². The second-order valence-electron chi connectivity index (χ2n) is 8.64. The van der Waals surface area contributed by atoms with Gasteiger partial charge in [0.15, 0.2) is 0 Å². The summed E-state index contributed by atoms with van der Waals surface area (Å²) >= 11 is 6.32. The number of hydrogen-bond acceptors (Lipinski definition) is 7. The predicted octanol–water partition coefficient (Wildman–Crippen LogP) is 4.27. The zero-order valence-corrected chi connectivity index (χ0v) is 20.7. The molecule has 4 rings (SSSR count). The SMILES string of the molecule is COCc1cnc2c(CN3CCN(C)CC3)cc(C#N)cc2c1NCc1ccc(OC)c(Cl)c1. The van der Waals surface area contributed by atoms with Crippen molar-refractivity contribution in [1.29, 1.82) is 5.26 Å². The number of hydrogen-bond donors (Lipinski definition) is 1. The van der Waals surface area contributed by atoms with E-state index in [1.807, 2.05) is 36.5 Å². The monoisotopic (exact) mass is 479 g/mol. The highest BCUT2D eigenvalue weighted by molar-refractivity contribution is 6.32. The van der Waals surface area contributed by atoms with Crippen molar-refractivity contribution in [2.75, 3.05) is 52.8 Å². The molecule has 1 N–H and O–H groups in total. The van der Waals surface area contributed by atoms with E-state index in [0.717, 1.165) is 66.0 Å². The van der Waals surface area contributed by atoms with E-state index < -0.39 is 0 Å². The third kappa shape index (κ3) is 5.43. The molecule has 0 radical (unpaired) electrons. The second kappa shape index (κ2) is 11.0. The predicted molar refractivity (Wildman–Crippen MR) is 135 cm³/mol. The fourth-order valence-corrected chi connectivity index (χ4v) is 4.61. The zero-order valence-electron chi connectivity index (χ0n) is 19.9. The van der Waals surface area contributed by atoms with Crippen molar-refractivity contribution in [2.45, 2.75) is 19.7 Å². The lowest BCUT2D eigenvalue weighted by atomic mass is 10.0. The van der Waals surface area contributed by atoms with Crippen LogP contribution in [0.15, 0.2) is 36.5 Å². The van der Waals surface area contributed by atoms with Crippen LogP contribution in [-0.2, 0) is 24.4 Å². The maximum atomic E-state index is 9.75. The molecule has 34 heavy (non-hydrogen) atoms. The topological polar surface area (TPSA) is 73.7 Å². The number of nitrogens with zero attached hydrogens (tertiary/aromatic N) is 4. The molecule has 1 aromatic heterocycles. The number of ether oxygens (including phenoxy) is 2. The highest BCUT2D eigenvalue weighted by Crippen LogP contribution is 2.32. The lowest BCUT2D eigenvalue weighted by Crippen LogP contribution is -2.43. The van der Waals surface area contributed by atoms with Gasteiger partial charge in [-0.25, -0.2) is 0 Å². The molecule has 0 saturated carbocycles. The number of anilines is 1. The summed E-state index contributed by atoms with van der Waals surface area (Å²) in [6.45, 7) is 5.82. The molecule has 2 heterocycles. The van der Waals surface area contributed by atoms with Crippen LogP contribution < -0.4 is 10.1 Å². The summed E-state index contributed by atoms with van der Waals surface area (Å²) in [4.78, 5) is 9.56. The minimum absolute atomic E-state index is 0.416. The van der Waals surface area contributed by atoms with Crippen molar-refractivity contribution in [3.8, 4) is 11.8 Å². The maximum Gasteiger partial charge on any atom is 0.137 e. The molecule has 8 heteroatoms. The van der Waals surface area contributed by atoms with Gasteiger partial charge in [-0.05, 0) is 42.4 Å². The van der Waals surface area contributed by atoms with Gasteiger partial charge in [0, 0.05) is 63.5 Å².